The third kappa shape index (κ3) is 4.64. The van der Waals surface area contributed by atoms with Gasteiger partial charge >= 0.3 is 0 Å². The fourth-order valence-corrected chi connectivity index (χ4v) is 3.65. The van der Waals surface area contributed by atoms with Crippen LogP contribution in [0.3, 0.4) is 0 Å². The SMILES string of the molecule is CCCCCc1ccc(NC(C)c2ccc(Br)s2)cc1. The van der Waals surface area contributed by atoms with Gasteiger partial charge in [-0.05, 0) is 65.5 Å². The van der Waals surface area contributed by atoms with E-state index >= 15 is 0 Å². The Labute approximate surface area is 134 Å². The average molecular weight is 352 g/mol. The molecule has 0 saturated heterocycles. The number of halogens is 1. The quantitative estimate of drug-likeness (QED) is 0.567. The Balaban J connectivity index is 1.90. The number of anilines is 1. The third-order valence-electron chi connectivity index (χ3n) is 3.43. The summed E-state index contributed by atoms with van der Waals surface area (Å²) < 4.78 is 1.19. The standard InChI is InChI=1S/C17H22BrNS/c1-3-4-5-6-14-7-9-15(10-8-14)19-13(2)16-11-12-17(18)20-16/h7-13,19H,3-6H2,1-2H3. The molecule has 1 N–H and O–H groups in total. The third-order valence-corrected chi connectivity index (χ3v) is 5.23. The van der Waals surface area contributed by atoms with Gasteiger partial charge in [-0.15, -0.1) is 11.3 Å². The molecule has 0 bridgehead atoms. The minimum absolute atomic E-state index is 0.345. The highest BCUT2D eigenvalue weighted by Crippen LogP contribution is 2.29. The molecular weight excluding hydrogens is 330 g/mol. The van der Waals surface area contributed by atoms with Crippen molar-refractivity contribution >= 4 is 33.0 Å². The van der Waals surface area contributed by atoms with E-state index in [4.69, 9.17) is 0 Å². The maximum atomic E-state index is 3.56. The number of hydrogen-bond donors (Lipinski definition) is 1. The Hall–Kier alpha value is -0.800. The number of benzene rings is 1. The highest BCUT2D eigenvalue weighted by atomic mass is 79.9. The maximum absolute atomic E-state index is 3.56. The molecule has 0 aliphatic heterocycles. The van der Waals surface area contributed by atoms with Gasteiger partial charge in [0.1, 0.15) is 0 Å². The summed E-state index contributed by atoms with van der Waals surface area (Å²) in [5.74, 6) is 0. The van der Waals surface area contributed by atoms with E-state index in [1.54, 1.807) is 11.3 Å². The lowest BCUT2D eigenvalue weighted by molar-refractivity contribution is 0.717. The molecule has 20 heavy (non-hydrogen) atoms. The smallest absolute Gasteiger partial charge is 0.0702 e. The van der Waals surface area contributed by atoms with Crippen LogP contribution in [-0.4, -0.2) is 0 Å². The van der Waals surface area contributed by atoms with Gasteiger partial charge in [0.05, 0.1) is 9.83 Å². The van der Waals surface area contributed by atoms with Crippen LogP contribution >= 0.6 is 27.3 Å². The number of rotatable bonds is 7. The predicted molar refractivity (Wildman–Crippen MR) is 93.7 cm³/mol. The second kappa shape index (κ2) is 7.84. The fourth-order valence-electron chi connectivity index (χ4n) is 2.23. The Bertz CT molecular complexity index is 518. The monoisotopic (exact) mass is 351 g/mol. The first kappa shape index (κ1) is 15.6. The van der Waals surface area contributed by atoms with Gasteiger partial charge in [0.2, 0.25) is 0 Å². The van der Waals surface area contributed by atoms with Crippen molar-refractivity contribution in [3.8, 4) is 0 Å². The van der Waals surface area contributed by atoms with E-state index in [0.717, 1.165) is 0 Å². The second-order valence-corrected chi connectivity index (χ2v) is 7.66. The van der Waals surface area contributed by atoms with E-state index in [0.29, 0.717) is 6.04 Å². The van der Waals surface area contributed by atoms with E-state index < -0.39 is 0 Å². The van der Waals surface area contributed by atoms with E-state index in [2.05, 4.69) is 71.5 Å². The molecule has 1 heterocycles. The summed E-state index contributed by atoms with van der Waals surface area (Å²) >= 11 is 5.30. The van der Waals surface area contributed by atoms with Crippen LogP contribution in [0.2, 0.25) is 0 Å². The zero-order valence-electron chi connectivity index (χ0n) is 12.2. The highest BCUT2D eigenvalue weighted by Gasteiger charge is 2.07. The topological polar surface area (TPSA) is 12.0 Å². The number of hydrogen-bond acceptors (Lipinski definition) is 2. The summed E-state index contributed by atoms with van der Waals surface area (Å²) in [7, 11) is 0. The zero-order chi connectivity index (χ0) is 14.4. The van der Waals surface area contributed by atoms with Crippen LogP contribution < -0.4 is 5.32 Å². The molecule has 108 valence electrons. The van der Waals surface area contributed by atoms with E-state index in [1.807, 2.05) is 0 Å². The minimum Gasteiger partial charge on any atom is -0.378 e. The van der Waals surface area contributed by atoms with Crippen molar-refractivity contribution in [1.29, 1.82) is 0 Å². The van der Waals surface area contributed by atoms with E-state index in [9.17, 15) is 0 Å². The van der Waals surface area contributed by atoms with Gasteiger partial charge in [-0.1, -0.05) is 31.9 Å². The van der Waals surface area contributed by atoms with Gasteiger partial charge in [0.25, 0.3) is 0 Å². The maximum Gasteiger partial charge on any atom is 0.0702 e. The molecule has 0 spiro atoms. The molecule has 3 heteroatoms. The summed E-state index contributed by atoms with van der Waals surface area (Å²) in [6.45, 7) is 4.45. The lowest BCUT2D eigenvalue weighted by Gasteiger charge is -2.14. The Kier molecular flexibility index (Phi) is 6.11. The number of unbranched alkanes of at least 4 members (excludes halogenated alkanes) is 2. The molecule has 0 saturated carbocycles. The summed E-state index contributed by atoms with van der Waals surface area (Å²) in [5, 5.41) is 3.56. The van der Waals surface area contributed by atoms with Crippen LogP contribution in [0.4, 0.5) is 5.69 Å². The first-order valence-electron chi connectivity index (χ1n) is 7.29. The second-order valence-electron chi connectivity index (χ2n) is 5.16. The number of aryl methyl sites for hydroxylation is 1. The van der Waals surface area contributed by atoms with Crippen LogP contribution in [-0.2, 0) is 6.42 Å². The molecule has 1 aromatic heterocycles. The van der Waals surface area contributed by atoms with E-state index in [-0.39, 0.29) is 0 Å². The van der Waals surface area contributed by atoms with Gasteiger partial charge in [-0.2, -0.15) is 0 Å². The molecule has 2 aromatic rings. The summed E-state index contributed by atoms with van der Waals surface area (Å²) in [4.78, 5) is 1.35. The predicted octanol–water partition coefficient (Wildman–Crippen LogP) is 6.42. The number of nitrogens with one attached hydrogen (secondary N) is 1. The Morgan fingerprint density at radius 3 is 2.45 bits per heavy atom. The van der Waals surface area contributed by atoms with Gasteiger partial charge in [-0.3, -0.25) is 0 Å². The molecule has 0 aliphatic carbocycles. The van der Waals surface area contributed by atoms with Crippen molar-refractivity contribution in [2.45, 2.75) is 45.6 Å². The largest absolute Gasteiger partial charge is 0.378 e. The van der Waals surface area contributed by atoms with Crippen LogP contribution in [0, 0.1) is 0 Å². The zero-order valence-corrected chi connectivity index (χ0v) is 14.6. The van der Waals surface area contributed by atoms with Gasteiger partial charge in [-0.25, -0.2) is 0 Å². The van der Waals surface area contributed by atoms with Gasteiger partial charge < -0.3 is 5.32 Å². The molecule has 0 aliphatic rings. The molecule has 1 aromatic carbocycles. The fraction of sp³-hybridized carbons (Fsp3) is 0.412. The summed E-state index contributed by atoms with van der Waals surface area (Å²) in [6, 6.07) is 13.5. The van der Waals surface area contributed by atoms with E-state index in [1.165, 1.54) is 45.6 Å². The first-order valence-corrected chi connectivity index (χ1v) is 8.90. The van der Waals surface area contributed by atoms with Crippen molar-refractivity contribution in [2.24, 2.45) is 0 Å². The highest BCUT2D eigenvalue weighted by molar-refractivity contribution is 9.11. The van der Waals surface area contributed by atoms with Crippen molar-refractivity contribution < 1.29 is 0 Å². The molecular formula is C17H22BrNS. The molecule has 1 atom stereocenters. The summed E-state index contributed by atoms with van der Waals surface area (Å²) in [6.07, 6.45) is 5.10. The van der Waals surface area contributed by atoms with Crippen LogP contribution in [0.5, 0.6) is 0 Å². The van der Waals surface area contributed by atoms with Crippen molar-refractivity contribution in [2.75, 3.05) is 5.32 Å². The minimum atomic E-state index is 0.345. The molecule has 0 fully saturated rings. The van der Waals surface area contributed by atoms with Crippen molar-refractivity contribution in [3.05, 3.63) is 50.6 Å². The molecule has 0 radical (unpaired) electrons. The average Bonchev–Trinajstić information content (AvgIpc) is 2.88. The van der Waals surface area contributed by atoms with Crippen molar-refractivity contribution in [1.82, 2.24) is 0 Å². The lowest BCUT2D eigenvalue weighted by Crippen LogP contribution is -2.04. The lowest BCUT2D eigenvalue weighted by atomic mass is 10.1. The molecule has 2 rings (SSSR count). The van der Waals surface area contributed by atoms with Crippen LogP contribution in [0.25, 0.3) is 0 Å². The summed E-state index contributed by atoms with van der Waals surface area (Å²) in [5.41, 5.74) is 2.64. The Morgan fingerprint density at radius 2 is 1.85 bits per heavy atom. The normalized spacial score (nSPS) is 12.3. The van der Waals surface area contributed by atoms with Crippen LogP contribution in [0.1, 0.15) is 49.6 Å². The van der Waals surface area contributed by atoms with Gasteiger partial charge in [0, 0.05) is 10.6 Å². The molecule has 0 amide bonds. The van der Waals surface area contributed by atoms with Crippen LogP contribution in [0.15, 0.2) is 40.2 Å². The first-order chi connectivity index (χ1) is 9.69. The van der Waals surface area contributed by atoms with Gasteiger partial charge in [0.15, 0.2) is 0 Å². The number of thiophene rings is 1. The van der Waals surface area contributed by atoms with Crippen molar-refractivity contribution in [3.63, 3.8) is 0 Å². The molecule has 1 unspecified atom stereocenters. The Morgan fingerprint density at radius 1 is 1.10 bits per heavy atom. The molecule has 1 nitrogen and oxygen atoms in total.